The first-order valence-corrected chi connectivity index (χ1v) is 9.37. The van der Waals surface area contributed by atoms with Crippen molar-refractivity contribution in [3.63, 3.8) is 0 Å². The summed E-state index contributed by atoms with van der Waals surface area (Å²) in [5.41, 5.74) is 0.172. The molecule has 0 bridgehead atoms. The van der Waals surface area contributed by atoms with Crippen LogP contribution in [-0.2, 0) is 16.9 Å². The number of halogens is 1. The molecule has 3 aliphatic heterocycles. The molecule has 8 nitrogen and oxygen atoms in total. The highest BCUT2D eigenvalue weighted by atomic mass is 79.9. The number of carbonyl (C=O) groups excluding carboxylic acids is 2. The Morgan fingerprint density at radius 3 is 2.39 bits per heavy atom. The van der Waals surface area contributed by atoms with Crippen molar-refractivity contribution in [2.75, 3.05) is 13.6 Å². The number of nitrogens with zero attached hydrogens (tertiary/aromatic N) is 1. The lowest BCUT2D eigenvalue weighted by Crippen LogP contribution is -2.40. The maximum atomic E-state index is 13.2. The molecule has 1 N–H and O–H groups in total. The highest BCUT2D eigenvalue weighted by molar-refractivity contribution is 9.10. The minimum Gasteiger partial charge on any atom is -0.454 e. The quantitative estimate of drug-likeness (QED) is 0.729. The summed E-state index contributed by atoms with van der Waals surface area (Å²) in [6.45, 7) is 2.07. The zero-order chi connectivity index (χ0) is 19.5. The van der Waals surface area contributed by atoms with Crippen LogP contribution in [0.3, 0.4) is 0 Å². The van der Waals surface area contributed by atoms with E-state index < -0.39 is 11.6 Å². The van der Waals surface area contributed by atoms with Gasteiger partial charge in [0.2, 0.25) is 13.6 Å². The molecule has 1 atom stereocenters. The van der Waals surface area contributed by atoms with E-state index in [1.54, 1.807) is 37.3 Å². The van der Waals surface area contributed by atoms with Gasteiger partial charge in [-0.25, -0.2) is 4.79 Å². The molecule has 2 aromatic rings. The molecule has 144 valence electrons. The van der Waals surface area contributed by atoms with E-state index in [4.69, 9.17) is 18.9 Å². The smallest absolute Gasteiger partial charge is 0.325 e. The van der Waals surface area contributed by atoms with E-state index in [1.807, 2.05) is 0 Å². The first-order chi connectivity index (χ1) is 13.5. The number of hydrogen-bond acceptors (Lipinski definition) is 6. The third-order valence-corrected chi connectivity index (χ3v) is 5.83. The molecule has 0 radical (unpaired) electrons. The van der Waals surface area contributed by atoms with Crippen LogP contribution in [0, 0.1) is 0 Å². The molecule has 3 aliphatic rings. The zero-order valence-electron chi connectivity index (χ0n) is 14.8. The summed E-state index contributed by atoms with van der Waals surface area (Å²) in [4.78, 5) is 27.0. The van der Waals surface area contributed by atoms with E-state index in [0.29, 0.717) is 28.6 Å². The molecule has 0 aromatic heterocycles. The van der Waals surface area contributed by atoms with Gasteiger partial charge in [0.15, 0.2) is 23.0 Å². The standard InChI is InChI=1S/C19H15BrN2O6/c1-19(11-2-3-13-15(5-11)27-8-25-13)17(23)22(18(24)21-19)7-10-4-14-16(6-12(10)20)28-9-26-14/h2-6H,7-9H2,1H3,(H,21,24). The second kappa shape index (κ2) is 6.03. The topological polar surface area (TPSA) is 86.3 Å². The number of benzene rings is 2. The van der Waals surface area contributed by atoms with E-state index in [0.717, 1.165) is 10.0 Å². The van der Waals surface area contributed by atoms with Gasteiger partial charge in [0.25, 0.3) is 5.91 Å². The van der Waals surface area contributed by atoms with Crippen LogP contribution in [0.1, 0.15) is 18.1 Å². The largest absolute Gasteiger partial charge is 0.454 e. The molecule has 5 rings (SSSR count). The summed E-state index contributed by atoms with van der Waals surface area (Å²) in [7, 11) is 0. The fourth-order valence-corrected chi connectivity index (χ4v) is 3.94. The van der Waals surface area contributed by atoms with Crippen LogP contribution in [0.15, 0.2) is 34.8 Å². The molecule has 0 aliphatic carbocycles. The Hall–Kier alpha value is -2.94. The number of carbonyl (C=O) groups is 2. The predicted molar refractivity (Wildman–Crippen MR) is 99.3 cm³/mol. The lowest BCUT2D eigenvalue weighted by atomic mass is 9.91. The van der Waals surface area contributed by atoms with Gasteiger partial charge >= 0.3 is 6.03 Å². The Kier molecular flexibility index (Phi) is 3.70. The van der Waals surface area contributed by atoms with Crippen LogP contribution in [-0.4, -0.2) is 30.4 Å². The molecular weight excluding hydrogens is 432 g/mol. The molecule has 9 heteroatoms. The summed E-state index contributed by atoms with van der Waals surface area (Å²) >= 11 is 3.47. The number of hydrogen-bond donors (Lipinski definition) is 1. The van der Waals surface area contributed by atoms with E-state index in [9.17, 15) is 9.59 Å². The van der Waals surface area contributed by atoms with Crippen molar-refractivity contribution in [2.45, 2.75) is 19.0 Å². The minimum absolute atomic E-state index is 0.0992. The molecule has 3 heterocycles. The Bertz CT molecular complexity index is 1030. The highest BCUT2D eigenvalue weighted by Gasteiger charge is 2.49. The van der Waals surface area contributed by atoms with Gasteiger partial charge in [-0.1, -0.05) is 22.0 Å². The Balaban J connectivity index is 1.45. The lowest BCUT2D eigenvalue weighted by Gasteiger charge is -2.22. The van der Waals surface area contributed by atoms with Crippen molar-refractivity contribution in [2.24, 2.45) is 0 Å². The summed E-state index contributed by atoms with van der Waals surface area (Å²) in [5, 5.41) is 2.80. The third-order valence-electron chi connectivity index (χ3n) is 5.09. The van der Waals surface area contributed by atoms with Crippen molar-refractivity contribution in [1.29, 1.82) is 0 Å². The fourth-order valence-electron chi connectivity index (χ4n) is 3.49. The van der Waals surface area contributed by atoms with E-state index in [1.165, 1.54) is 4.90 Å². The fraction of sp³-hybridized carbons (Fsp3) is 0.263. The number of nitrogens with one attached hydrogen (secondary N) is 1. The summed E-state index contributed by atoms with van der Waals surface area (Å²) in [6, 6.07) is 8.29. The average Bonchev–Trinajstić information content (AvgIpc) is 3.37. The zero-order valence-corrected chi connectivity index (χ0v) is 16.4. The van der Waals surface area contributed by atoms with Crippen molar-refractivity contribution in [3.8, 4) is 23.0 Å². The van der Waals surface area contributed by atoms with Crippen molar-refractivity contribution in [3.05, 3.63) is 45.9 Å². The van der Waals surface area contributed by atoms with Gasteiger partial charge in [-0.2, -0.15) is 0 Å². The Morgan fingerprint density at radius 1 is 1.00 bits per heavy atom. The summed E-state index contributed by atoms with van der Waals surface area (Å²) < 4.78 is 22.2. The molecule has 3 amide bonds. The molecule has 1 unspecified atom stereocenters. The molecule has 2 aromatic carbocycles. The molecule has 1 fully saturated rings. The number of imide groups is 1. The van der Waals surface area contributed by atoms with E-state index in [2.05, 4.69) is 21.2 Å². The monoisotopic (exact) mass is 446 g/mol. The highest BCUT2D eigenvalue weighted by Crippen LogP contribution is 2.40. The van der Waals surface area contributed by atoms with Crippen LogP contribution in [0.4, 0.5) is 4.79 Å². The minimum atomic E-state index is -1.19. The Labute approximate surface area is 168 Å². The van der Waals surface area contributed by atoms with Crippen molar-refractivity contribution in [1.82, 2.24) is 10.2 Å². The normalized spacial score (nSPS) is 22.0. The average molecular weight is 447 g/mol. The van der Waals surface area contributed by atoms with Crippen LogP contribution in [0.2, 0.25) is 0 Å². The van der Waals surface area contributed by atoms with Gasteiger partial charge < -0.3 is 24.3 Å². The van der Waals surface area contributed by atoms with Crippen molar-refractivity contribution >= 4 is 27.9 Å². The Morgan fingerprint density at radius 2 is 1.64 bits per heavy atom. The van der Waals surface area contributed by atoms with E-state index in [-0.39, 0.29) is 26.0 Å². The van der Waals surface area contributed by atoms with Crippen molar-refractivity contribution < 1.29 is 28.5 Å². The summed E-state index contributed by atoms with van der Waals surface area (Å²) in [6.07, 6.45) is 0. The van der Waals surface area contributed by atoms with Gasteiger partial charge in [0.05, 0.1) is 6.54 Å². The van der Waals surface area contributed by atoms with Gasteiger partial charge in [-0.15, -0.1) is 0 Å². The van der Waals surface area contributed by atoms with Gasteiger partial charge in [-0.3, -0.25) is 9.69 Å². The molecule has 0 saturated carbocycles. The SMILES string of the molecule is CC1(c2ccc3c(c2)OCO3)NC(=O)N(Cc2cc3c(cc2Br)OCO3)C1=O. The van der Waals surface area contributed by atoms with Crippen LogP contribution >= 0.6 is 15.9 Å². The number of fused-ring (bicyclic) bond motifs is 2. The number of amides is 3. The van der Waals surface area contributed by atoms with Crippen LogP contribution in [0.25, 0.3) is 0 Å². The predicted octanol–water partition coefficient (Wildman–Crippen LogP) is 2.87. The van der Waals surface area contributed by atoms with Crippen LogP contribution < -0.4 is 24.3 Å². The maximum absolute atomic E-state index is 13.2. The number of urea groups is 1. The van der Waals surface area contributed by atoms with Crippen LogP contribution in [0.5, 0.6) is 23.0 Å². The molecule has 0 spiro atoms. The first kappa shape index (κ1) is 17.2. The van der Waals surface area contributed by atoms with Gasteiger partial charge in [0, 0.05) is 4.47 Å². The lowest BCUT2D eigenvalue weighted by molar-refractivity contribution is -0.131. The second-order valence-electron chi connectivity index (χ2n) is 6.81. The van der Waals surface area contributed by atoms with Gasteiger partial charge in [0.1, 0.15) is 5.54 Å². The number of rotatable bonds is 3. The maximum Gasteiger partial charge on any atom is 0.325 e. The van der Waals surface area contributed by atoms with E-state index >= 15 is 0 Å². The molecule has 1 saturated heterocycles. The molecule has 28 heavy (non-hydrogen) atoms. The second-order valence-corrected chi connectivity index (χ2v) is 7.67. The molecular formula is C19H15BrN2O6. The van der Waals surface area contributed by atoms with Gasteiger partial charge in [-0.05, 0) is 42.3 Å². The first-order valence-electron chi connectivity index (χ1n) is 8.58. The number of ether oxygens (including phenoxy) is 4. The third kappa shape index (κ3) is 2.50. The summed E-state index contributed by atoms with van der Waals surface area (Å²) in [5.74, 6) is 2.03.